The Balaban J connectivity index is 1.38. The summed E-state index contributed by atoms with van der Waals surface area (Å²) in [6, 6.07) is -1.96. The minimum atomic E-state index is -1.87. The summed E-state index contributed by atoms with van der Waals surface area (Å²) in [6.45, 7) is 1.27. The Labute approximate surface area is 367 Å². The van der Waals surface area contributed by atoms with Crippen molar-refractivity contribution in [1.82, 2.24) is 25.5 Å². The van der Waals surface area contributed by atoms with Gasteiger partial charge in [-0.3, -0.25) is 29.0 Å². The molecule has 5 aliphatic rings. The van der Waals surface area contributed by atoms with Gasteiger partial charge in [0.05, 0.1) is 57.6 Å². The number of amides is 3. The first-order valence-electron chi connectivity index (χ1n) is 21.8. The van der Waals surface area contributed by atoms with Crippen molar-refractivity contribution in [1.29, 1.82) is 0 Å². The van der Waals surface area contributed by atoms with E-state index in [1.165, 1.54) is 6.92 Å². The highest BCUT2D eigenvalue weighted by Gasteiger charge is 2.54. The van der Waals surface area contributed by atoms with E-state index < -0.39 is 139 Å². The third-order valence-corrected chi connectivity index (χ3v) is 12.6. The first-order chi connectivity index (χ1) is 30.6. The molecule has 0 radical (unpaired) electrons. The molecule has 4 heterocycles. The Hall–Kier alpha value is -3.92. The molecule has 24 heteroatoms. The van der Waals surface area contributed by atoms with Gasteiger partial charge in [0.2, 0.25) is 5.91 Å². The standard InChI is InChI=1S/C40H62N6O18/c1-18-29(50)31(52)32(53)39(60-18)64-33-21(42-35(54)22-15-26(48)45-40(57)43-22)13-20(37(56)58-2)14-23(33)62-38-28(44-27(49)16-41)34(30(51)25(17-47)63-38)61-24(12-19-6-4-3-5-7-19)36(55)46-8-10-59-11-9-46/h15,18-21,23-25,28-34,38-39,47,50-53H,3-14,16-17,41H2,1-2H3,(H,42,54)(H,44,49)(H2,43,45,48,57)/t18?,20?,21?,23-,24+,25+,28?,29-,30+,31+,32?,33-,34?,38-,39+/m1/s1. The van der Waals surface area contributed by atoms with E-state index in [1.807, 2.05) is 4.98 Å². The maximum atomic E-state index is 14.2. The molecule has 360 valence electrons. The van der Waals surface area contributed by atoms with Crippen molar-refractivity contribution in [2.24, 2.45) is 17.6 Å². The molecule has 24 nitrogen and oxygen atoms in total. The predicted octanol–water partition coefficient (Wildman–Crippen LogP) is -4.55. The van der Waals surface area contributed by atoms with Crippen LogP contribution in [-0.2, 0) is 47.5 Å². The molecule has 64 heavy (non-hydrogen) atoms. The third-order valence-electron chi connectivity index (χ3n) is 12.6. The second-order valence-corrected chi connectivity index (χ2v) is 17.0. The lowest BCUT2D eigenvalue weighted by atomic mass is 9.81. The van der Waals surface area contributed by atoms with Crippen molar-refractivity contribution in [3.05, 3.63) is 32.6 Å². The lowest BCUT2D eigenvalue weighted by Gasteiger charge is -2.49. The maximum Gasteiger partial charge on any atom is 0.326 e. The summed E-state index contributed by atoms with van der Waals surface area (Å²) in [4.78, 5) is 84.5. The van der Waals surface area contributed by atoms with Crippen molar-refractivity contribution < 1.29 is 77.9 Å². The van der Waals surface area contributed by atoms with Gasteiger partial charge in [0.15, 0.2) is 12.6 Å². The number of hydrogen-bond donors (Lipinski definition) is 10. The number of aliphatic hydroxyl groups is 5. The first-order valence-corrected chi connectivity index (χ1v) is 21.8. The van der Waals surface area contributed by atoms with E-state index in [9.17, 15) is 54.3 Å². The normalized spacial score (nSPS) is 35.5. The Morgan fingerprint density at radius 2 is 1.62 bits per heavy atom. The minimum absolute atomic E-state index is 0.104. The molecule has 11 N–H and O–H groups in total. The Morgan fingerprint density at radius 3 is 2.28 bits per heavy atom. The zero-order valence-electron chi connectivity index (χ0n) is 35.8. The number of aliphatic hydroxyl groups excluding tert-OH is 5. The maximum absolute atomic E-state index is 14.2. The molecule has 3 amide bonds. The molecule has 2 aliphatic carbocycles. The van der Waals surface area contributed by atoms with Gasteiger partial charge in [-0.1, -0.05) is 32.1 Å². The van der Waals surface area contributed by atoms with E-state index >= 15 is 0 Å². The number of H-pyrrole nitrogens is 2. The molecule has 0 aromatic carbocycles. The summed E-state index contributed by atoms with van der Waals surface area (Å²) >= 11 is 0. The third kappa shape index (κ3) is 11.9. The van der Waals surface area contributed by atoms with Crippen molar-refractivity contribution >= 4 is 23.7 Å². The van der Waals surface area contributed by atoms with Crippen LogP contribution in [-0.4, -0.2) is 196 Å². The van der Waals surface area contributed by atoms with Crippen LogP contribution in [0.25, 0.3) is 0 Å². The van der Waals surface area contributed by atoms with Gasteiger partial charge in [0, 0.05) is 19.2 Å². The highest BCUT2D eigenvalue weighted by atomic mass is 16.7. The van der Waals surface area contributed by atoms with Crippen LogP contribution in [0.3, 0.4) is 0 Å². The van der Waals surface area contributed by atoms with Crippen LogP contribution in [0, 0.1) is 11.8 Å². The molecule has 0 bridgehead atoms. The Bertz CT molecular complexity index is 1830. The molecule has 1 aromatic rings. The molecule has 2 saturated carbocycles. The number of carbonyl (C=O) groups is 4. The van der Waals surface area contributed by atoms with E-state index in [1.54, 1.807) is 4.90 Å². The number of rotatable bonds is 15. The van der Waals surface area contributed by atoms with Gasteiger partial charge in [-0.05, 0) is 32.1 Å². The summed E-state index contributed by atoms with van der Waals surface area (Å²) < 4.78 is 42.0. The topological polar surface area (TPSA) is 353 Å². The summed E-state index contributed by atoms with van der Waals surface area (Å²) in [5.74, 6) is -3.84. The zero-order chi connectivity index (χ0) is 46.2. The van der Waals surface area contributed by atoms with E-state index in [2.05, 4.69) is 15.6 Å². The number of ether oxygens (including phenoxy) is 7. The number of methoxy groups -OCH3 is 1. The summed E-state index contributed by atoms with van der Waals surface area (Å²) in [6.07, 6.45) is -13.8. The zero-order valence-corrected chi connectivity index (χ0v) is 35.8. The second-order valence-electron chi connectivity index (χ2n) is 17.0. The van der Waals surface area contributed by atoms with Gasteiger partial charge in [-0.15, -0.1) is 0 Å². The molecule has 1 aromatic heterocycles. The van der Waals surface area contributed by atoms with Gasteiger partial charge < -0.3 is 84.9 Å². The van der Waals surface area contributed by atoms with Crippen LogP contribution >= 0.6 is 0 Å². The van der Waals surface area contributed by atoms with Gasteiger partial charge in [0.25, 0.3) is 17.4 Å². The summed E-state index contributed by atoms with van der Waals surface area (Å²) in [5.41, 5.74) is 3.39. The quantitative estimate of drug-likeness (QED) is 0.0741. The number of nitrogens with zero attached hydrogens (tertiary/aromatic N) is 1. The minimum Gasteiger partial charge on any atom is -0.469 e. The first kappa shape index (κ1) is 49.5. The fraction of sp³-hybridized carbons (Fsp3) is 0.800. The Morgan fingerprint density at radius 1 is 0.906 bits per heavy atom. The van der Waals surface area contributed by atoms with Crippen LogP contribution in [0.1, 0.15) is 68.8 Å². The summed E-state index contributed by atoms with van der Waals surface area (Å²) in [7, 11) is 1.13. The predicted molar refractivity (Wildman–Crippen MR) is 216 cm³/mol. The van der Waals surface area contributed by atoms with Crippen LogP contribution in [0.5, 0.6) is 0 Å². The number of hydrogen-bond acceptors (Lipinski definition) is 19. The molecule has 3 saturated heterocycles. The van der Waals surface area contributed by atoms with Crippen LogP contribution < -0.4 is 27.6 Å². The van der Waals surface area contributed by atoms with Crippen LogP contribution in [0.2, 0.25) is 0 Å². The largest absolute Gasteiger partial charge is 0.469 e. The van der Waals surface area contributed by atoms with Gasteiger partial charge >= 0.3 is 11.7 Å². The molecular weight excluding hydrogens is 852 g/mol. The van der Waals surface area contributed by atoms with E-state index in [-0.39, 0.29) is 31.1 Å². The highest BCUT2D eigenvalue weighted by Crippen LogP contribution is 2.37. The average molecular weight is 915 g/mol. The van der Waals surface area contributed by atoms with Gasteiger partial charge in [-0.25, -0.2) is 4.79 Å². The second kappa shape index (κ2) is 22.5. The van der Waals surface area contributed by atoms with E-state index in [4.69, 9.17) is 38.9 Å². The van der Waals surface area contributed by atoms with Crippen molar-refractivity contribution in [3.63, 3.8) is 0 Å². The fourth-order valence-electron chi connectivity index (χ4n) is 9.18. The number of carbonyl (C=O) groups excluding carboxylic acids is 4. The molecule has 5 fully saturated rings. The fourth-order valence-corrected chi connectivity index (χ4v) is 9.18. The van der Waals surface area contributed by atoms with Crippen molar-refractivity contribution in [2.45, 2.75) is 144 Å². The smallest absolute Gasteiger partial charge is 0.326 e. The molecular formula is C40H62N6O18. The lowest BCUT2D eigenvalue weighted by molar-refractivity contribution is -0.335. The van der Waals surface area contributed by atoms with Crippen LogP contribution in [0.15, 0.2) is 15.7 Å². The average Bonchev–Trinajstić information content (AvgIpc) is 3.29. The van der Waals surface area contributed by atoms with Crippen LogP contribution in [0.4, 0.5) is 0 Å². The molecule has 0 spiro atoms. The number of esters is 1. The molecule has 6 unspecified atom stereocenters. The van der Waals surface area contributed by atoms with Gasteiger partial charge in [-0.2, -0.15) is 0 Å². The number of morpholine rings is 1. The highest BCUT2D eigenvalue weighted by molar-refractivity contribution is 5.92. The number of nitrogens with two attached hydrogens (primary N) is 1. The van der Waals surface area contributed by atoms with E-state index in [0.717, 1.165) is 45.3 Å². The number of nitrogens with one attached hydrogen (secondary N) is 4. The monoisotopic (exact) mass is 914 g/mol. The molecule has 6 rings (SSSR count). The number of aromatic amines is 2. The summed E-state index contributed by atoms with van der Waals surface area (Å²) in [5, 5.41) is 59.9. The molecule has 15 atom stereocenters. The van der Waals surface area contributed by atoms with Crippen molar-refractivity contribution in [2.75, 3.05) is 46.6 Å². The van der Waals surface area contributed by atoms with Crippen molar-refractivity contribution in [3.8, 4) is 0 Å². The number of aromatic nitrogens is 2. The SMILES string of the molecule is COC(=O)C1CC(NC(=O)c2cc(=O)[nH]c(=O)[nH]2)[C@@H](O[C@@H]2OC(C)[C@@H](O)[C@H](O)C2O)[C@H](O[C@@H]2O[C@@H](CO)[C@H](O)C(O[C@@H](CC3CCCCC3)C(=O)N3CCOCC3)C2NC(=O)CN)C1. The molecule has 3 aliphatic heterocycles. The van der Waals surface area contributed by atoms with Gasteiger partial charge in [0.1, 0.15) is 60.6 Å². The van der Waals surface area contributed by atoms with E-state index in [0.29, 0.717) is 26.3 Å². The Kier molecular flexibility index (Phi) is 17.4. The lowest BCUT2D eigenvalue weighted by Crippen LogP contribution is -2.68.